The lowest BCUT2D eigenvalue weighted by Crippen LogP contribution is -2.20. The molecule has 0 aliphatic heterocycles. The topological polar surface area (TPSA) is 74.9 Å². The van der Waals surface area contributed by atoms with Gasteiger partial charge < -0.3 is 10.8 Å². The molecule has 2 aromatic rings. The molecular weight excluding hydrogens is 233 g/mol. The fourth-order valence-corrected chi connectivity index (χ4v) is 1.85. The van der Waals surface area contributed by atoms with E-state index in [1.807, 2.05) is 6.07 Å². The monoisotopic (exact) mass is 249 g/mol. The average molecular weight is 249 g/mol. The molecule has 0 radical (unpaired) electrons. The van der Waals surface area contributed by atoms with Crippen molar-refractivity contribution in [2.45, 2.75) is 6.42 Å². The predicted octanol–water partition coefficient (Wildman–Crippen LogP) is 1.33. The van der Waals surface area contributed by atoms with E-state index in [2.05, 4.69) is 10.2 Å². The molecule has 2 rings (SSSR count). The molecule has 1 heterocycles. The van der Waals surface area contributed by atoms with Gasteiger partial charge in [0, 0.05) is 12.8 Å². The Bertz CT molecular complexity index is 495. The van der Waals surface area contributed by atoms with E-state index in [-0.39, 0.29) is 18.3 Å². The summed E-state index contributed by atoms with van der Waals surface area (Å²) in [4.78, 5) is 0. The predicted molar refractivity (Wildman–Crippen MR) is 67.3 cm³/mol. The molecule has 4 nitrogen and oxygen atoms in total. The average Bonchev–Trinajstić information content (AvgIpc) is 2.91. The standard InChI is InChI=1S/C13H16FN3O/c14-12-2-1-10(13-3-4-16-17-13)6-11(12)5-9(7-15)8-18/h1-4,6,9,18H,5,7-8,15H2,(H,16,17). The van der Waals surface area contributed by atoms with Crippen LogP contribution in [0.4, 0.5) is 4.39 Å². The second-order valence-corrected chi connectivity index (χ2v) is 4.26. The van der Waals surface area contributed by atoms with Gasteiger partial charge in [0.25, 0.3) is 0 Å². The van der Waals surface area contributed by atoms with Gasteiger partial charge in [-0.15, -0.1) is 0 Å². The summed E-state index contributed by atoms with van der Waals surface area (Å²) in [5.74, 6) is -0.387. The summed E-state index contributed by atoms with van der Waals surface area (Å²) in [6.07, 6.45) is 2.08. The van der Waals surface area contributed by atoms with E-state index in [0.717, 1.165) is 11.3 Å². The first kappa shape index (κ1) is 12.7. The first-order chi connectivity index (χ1) is 8.74. The van der Waals surface area contributed by atoms with E-state index in [4.69, 9.17) is 10.8 Å². The van der Waals surface area contributed by atoms with Gasteiger partial charge in [0.2, 0.25) is 0 Å². The number of hydrogen-bond acceptors (Lipinski definition) is 3. The van der Waals surface area contributed by atoms with Crippen molar-refractivity contribution in [3.63, 3.8) is 0 Å². The number of aliphatic hydroxyl groups is 1. The number of aliphatic hydroxyl groups excluding tert-OH is 1. The summed E-state index contributed by atoms with van der Waals surface area (Å²) in [7, 11) is 0. The molecular formula is C13H16FN3O. The minimum absolute atomic E-state index is 0.0375. The highest BCUT2D eigenvalue weighted by molar-refractivity contribution is 5.59. The molecule has 0 aliphatic carbocycles. The van der Waals surface area contributed by atoms with Crippen molar-refractivity contribution in [3.05, 3.63) is 41.8 Å². The molecule has 0 amide bonds. The number of aromatic nitrogens is 2. The van der Waals surface area contributed by atoms with Crippen molar-refractivity contribution < 1.29 is 9.50 Å². The SMILES string of the molecule is NCC(CO)Cc1cc(-c2ccn[nH]2)ccc1F. The van der Waals surface area contributed by atoms with E-state index in [1.54, 1.807) is 18.3 Å². The smallest absolute Gasteiger partial charge is 0.126 e. The number of H-pyrrole nitrogens is 1. The highest BCUT2D eigenvalue weighted by atomic mass is 19.1. The van der Waals surface area contributed by atoms with Crippen LogP contribution in [0.1, 0.15) is 5.56 Å². The summed E-state index contributed by atoms with van der Waals surface area (Å²) in [6, 6.07) is 6.71. The molecule has 1 aromatic carbocycles. The first-order valence-electron chi connectivity index (χ1n) is 5.83. The van der Waals surface area contributed by atoms with Gasteiger partial charge in [-0.3, -0.25) is 5.10 Å². The lowest BCUT2D eigenvalue weighted by molar-refractivity contribution is 0.229. The van der Waals surface area contributed by atoms with Crippen LogP contribution in [0.3, 0.4) is 0 Å². The maximum Gasteiger partial charge on any atom is 0.126 e. The quantitative estimate of drug-likeness (QED) is 0.748. The number of nitrogens with zero attached hydrogens (tertiary/aromatic N) is 1. The van der Waals surface area contributed by atoms with Crippen LogP contribution in [0.25, 0.3) is 11.3 Å². The van der Waals surface area contributed by atoms with Gasteiger partial charge in [0.15, 0.2) is 0 Å². The molecule has 1 aromatic heterocycles. The lowest BCUT2D eigenvalue weighted by atomic mass is 9.97. The maximum absolute atomic E-state index is 13.7. The van der Waals surface area contributed by atoms with Crippen LogP contribution in [0.5, 0.6) is 0 Å². The molecule has 96 valence electrons. The van der Waals surface area contributed by atoms with Gasteiger partial charge in [-0.05, 0) is 54.3 Å². The van der Waals surface area contributed by atoms with Crippen LogP contribution >= 0.6 is 0 Å². The largest absolute Gasteiger partial charge is 0.396 e. The van der Waals surface area contributed by atoms with E-state index in [0.29, 0.717) is 18.5 Å². The van der Waals surface area contributed by atoms with Crippen molar-refractivity contribution >= 4 is 0 Å². The molecule has 0 aliphatic rings. The Labute approximate surface area is 105 Å². The molecule has 1 unspecified atom stereocenters. The molecule has 18 heavy (non-hydrogen) atoms. The molecule has 5 heteroatoms. The van der Waals surface area contributed by atoms with Crippen LogP contribution < -0.4 is 5.73 Å². The number of rotatable bonds is 5. The Hall–Kier alpha value is -1.72. The van der Waals surface area contributed by atoms with Gasteiger partial charge in [0.1, 0.15) is 5.82 Å². The van der Waals surface area contributed by atoms with E-state index < -0.39 is 0 Å². The summed E-state index contributed by atoms with van der Waals surface area (Å²) in [5, 5.41) is 15.8. The summed E-state index contributed by atoms with van der Waals surface area (Å²) in [5.41, 5.74) is 7.79. The zero-order valence-corrected chi connectivity index (χ0v) is 9.94. The van der Waals surface area contributed by atoms with E-state index >= 15 is 0 Å². The lowest BCUT2D eigenvalue weighted by Gasteiger charge is -2.12. The number of halogens is 1. The van der Waals surface area contributed by atoms with Gasteiger partial charge in [0.05, 0.1) is 5.69 Å². The summed E-state index contributed by atoms with van der Waals surface area (Å²) >= 11 is 0. The Kier molecular flexibility index (Phi) is 4.07. The Morgan fingerprint density at radius 2 is 2.22 bits per heavy atom. The fourth-order valence-electron chi connectivity index (χ4n) is 1.85. The minimum Gasteiger partial charge on any atom is -0.396 e. The highest BCUT2D eigenvalue weighted by Gasteiger charge is 2.11. The van der Waals surface area contributed by atoms with E-state index in [1.165, 1.54) is 6.07 Å². The maximum atomic E-state index is 13.7. The van der Waals surface area contributed by atoms with Crippen molar-refractivity contribution in [2.75, 3.05) is 13.2 Å². The zero-order valence-electron chi connectivity index (χ0n) is 9.94. The molecule has 0 fully saturated rings. The first-order valence-corrected chi connectivity index (χ1v) is 5.83. The molecule has 0 saturated heterocycles. The molecule has 0 bridgehead atoms. The number of benzene rings is 1. The summed E-state index contributed by atoms with van der Waals surface area (Å²) in [6.45, 7) is 0.300. The van der Waals surface area contributed by atoms with Crippen LogP contribution in [0.2, 0.25) is 0 Å². The van der Waals surface area contributed by atoms with Crippen LogP contribution in [-0.2, 0) is 6.42 Å². The van der Waals surface area contributed by atoms with Crippen LogP contribution in [-0.4, -0.2) is 28.5 Å². The molecule has 0 saturated carbocycles. The van der Waals surface area contributed by atoms with Gasteiger partial charge in [-0.25, -0.2) is 4.39 Å². The van der Waals surface area contributed by atoms with Crippen LogP contribution in [0, 0.1) is 11.7 Å². The molecule has 0 spiro atoms. The Balaban J connectivity index is 2.27. The second kappa shape index (κ2) is 5.75. The van der Waals surface area contributed by atoms with Crippen molar-refractivity contribution in [1.82, 2.24) is 10.2 Å². The number of hydrogen-bond donors (Lipinski definition) is 3. The molecule has 4 N–H and O–H groups in total. The zero-order chi connectivity index (χ0) is 13.0. The van der Waals surface area contributed by atoms with Gasteiger partial charge in [-0.2, -0.15) is 5.10 Å². The normalized spacial score (nSPS) is 12.6. The Morgan fingerprint density at radius 3 is 2.83 bits per heavy atom. The number of nitrogens with two attached hydrogens (primary N) is 1. The third-order valence-corrected chi connectivity index (χ3v) is 2.96. The van der Waals surface area contributed by atoms with Gasteiger partial charge >= 0.3 is 0 Å². The molecule has 1 atom stereocenters. The third kappa shape index (κ3) is 2.75. The van der Waals surface area contributed by atoms with E-state index in [9.17, 15) is 4.39 Å². The number of nitrogens with one attached hydrogen (secondary N) is 1. The van der Waals surface area contributed by atoms with Crippen molar-refractivity contribution in [2.24, 2.45) is 11.7 Å². The number of aromatic amines is 1. The second-order valence-electron chi connectivity index (χ2n) is 4.26. The summed E-state index contributed by atoms with van der Waals surface area (Å²) < 4.78 is 13.7. The highest BCUT2D eigenvalue weighted by Crippen LogP contribution is 2.21. The minimum atomic E-state index is -0.273. The van der Waals surface area contributed by atoms with Crippen molar-refractivity contribution in [3.8, 4) is 11.3 Å². The fraction of sp³-hybridized carbons (Fsp3) is 0.308. The third-order valence-electron chi connectivity index (χ3n) is 2.96. The van der Waals surface area contributed by atoms with Gasteiger partial charge in [-0.1, -0.05) is 0 Å². The van der Waals surface area contributed by atoms with Crippen molar-refractivity contribution in [1.29, 1.82) is 0 Å². The Morgan fingerprint density at radius 1 is 1.39 bits per heavy atom. The van der Waals surface area contributed by atoms with Crippen LogP contribution in [0.15, 0.2) is 30.5 Å².